The van der Waals surface area contributed by atoms with Crippen molar-refractivity contribution < 1.29 is 14.3 Å². The lowest BCUT2D eigenvalue weighted by molar-refractivity contribution is -0.123. The Bertz CT molecular complexity index is 539. The summed E-state index contributed by atoms with van der Waals surface area (Å²) >= 11 is 0. The predicted octanol–water partition coefficient (Wildman–Crippen LogP) is 2.97. The summed E-state index contributed by atoms with van der Waals surface area (Å²) in [5.74, 6) is 1.75. The molecule has 0 heterocycles. The van der Waals surface area contributed by atoms with Crippen molar-refractivity contribution in [3.05, 3.63) is 23.8 Å². The topological polar surface area (TPSA) is 50.8 Å². The van der Waals surface area contributed by atoms with Gasteiger partial charge in [0.2, 0.25) is 5.91 Å². The summed E-state index contributed by atoms with van der Waals surface area (Å²) in [6, 6.07) is 6.57. The average molecular weight is 334 g/mol. The van der Waals surface area contributed by atoms with Crippen LogP contribution in [0.4, 0.5) is 0 Å². The third kappa shape index (κ3) is 5.13. The number of nitrogens with zero attached hydrogens (tertiary/aromatic N) is 1. The Balaban J connectivity index is 2.05. The minimum atomic E-state index is 0.109. The van der Waals surface area contributed by atoms with E-state index in [1.165, 1.54) is 0 Å². The molecule has 0 saturated heterocycles. The molecule has 0 bridgehead atoms. The maximum Gasteiger partial charge on any atom is 0.234 e. The van der Waals surface area contributed by atoms with Gasteiger partial charge in [-0.15, -0.1) is 0 Å². The van der Waals surface area contributed by atoms with Crippen LogP contribution < -0.4 is 14.8 Å². The number of amides is 1. The van der Waals surface area contributed by atoms with Crippen LogP contribution in [-0.4, -0.2) is 43.7 Å². The molecule has 1 fully saturated rings. The maximum absolute atomic E-state index is 12.4. The summed E-state index contributed by atoms with van der Waals surface area (Å²) in [4.78, 5) is 14.6. The molecule has 134 valence electrons. The van der Waals surface area contributed by atoms with E-state index in [9.17, 15) is 4.79 Å². The van der Waals surface area contributed by atoms with E-state index in [-0.39, 0.29) is 11.9 Å². The molecule has 1 amide bonds. The summed E-state index contributed by atoms with van der Waals surface area (Å²) in [7, 11) is 3.33. The van der Waals surface area contributed by atoms with Crippen molar-refractivity contribution >= 4 is 5.91 Å². The Kier molecular flexibility index (Phi) is 6.91. The first kappa shape index (κ1) is 18.6. The Labute approximate surface area is 145 Å². The smallest absolute Gasteiger partial charge is 0.234 e. The number of benzene rings is 1. The molecule has 0 aliphatic heterocycles. The Morgan fingerprint density at radius 2 is 1.96 bits per heavy atom. The van der Waals surface area contributed by atoms with Crippen LogP contribution in [-0.2, 0) is 11.3 Å². The second-order valence-electron chi connectivity index (χ2n) is 6.39. The zero-order valence-electron chi connectivity index (χ0n) is 15.3. The molecule has 0 spiro atoms. The fraction of sp³-hybridized carbons (Fsp3) is 0.632. The van der Waals surface area contributed by atoms with Gasteiger partial charge in [0.05, 0.1) is 20.8 Å². The van der Waals surface area contributed by atoms with Crippen molar-refractivity contribution in [2.45, 2.75) is 58.2 Å². The van der Waals surface area contributed by atoms with Crippen molar-refractivity contribution in [1.29, 1.82) is 0 Å². The molecule has 1 aromatic carbocycles. The molecule has 1 aromatic rings. The number of hydrogen-bond donors (Lipinski definition) is 1. The minimum Gasteiger partial charge on any atom is -0.497 e. The van der Waals surface area contributed by atoms with Gasteiger partial charge in [-0.1, -0.05) is 13.8 Å². The molecular weight excluding hydrogens is 304 g/mol. The fourth-order valence-corrected chi connectivity index (χ4v) is 2.93. The first-order chi connectivity index (χ1) is 11.6. The monoisotopic (exact) mass is 334 g/mol. The van der Waals surface area contributed by atoms with Crippen molar-refractivity contribution in [3.63, 3.8) is 0 Å². The van der Waals surface area contributed by atoms with Gasteiger partial charge in [0.25, 0.3) is 0 Å². The first-order valence-corrected chi connectivity index (χ1v) is 8.85. The molecule has 1 saturated carbocycles. The van der Waals surface area contributed by atoms with Gasteiger partial charge in [0.1, 0.15) is 11.5 Å². The summed E-state index contributed by atoms with van der Waals surface area (Å²) in [5.41, 5.74) is 1.05. The van der Waals surface area contributed by atoms with Gasteiger partial charge in [-0.25, -0.2) is 0 Å². The maximum atomic E-state index is 12.4. The summed E-state index contributed by atoms with van der Waals surface area (Å²) in [6.45, 7) is 5.34. The molecular formula is C19H30N2O3. The lowest BCUT2D eigenvalue weighted by atomic mass is 10.1. The molecule has 24 heavy (non-hydrogen) atoms. The van der Waals surface area contributed by atoms with E-state index in [0.29, 0.717) is 19.1 Å². The van der Waals surface area contributed by atoms with Crippen molar-refractivity contribution in [1.82, 2.24) is 10.2 Å². The molecule has 0 aromatic heterocycles. The lowest BCUT2D eigenvalue weighted by Gasteiger charge is -2.24. The van der Waals surface area contributed by atoms with E-state index in [4.69, 9.17) is 9.47 Å². The minimum absolute atomic E-state index is 0.109. The molecule has 0 atom stereocenters. The van der Waals surface area contributed by atoms with Gasteiger partial charge in [-0.3, -0.25) is 9.69 Å². The summed E-state index contributed by atoms with van der Waals surface area (Å²) in [6.07, 6.45) is 4.25. The highest BCUT2D eigenvalue weighted by Crippen LogP contribution is 2.31. The lowest BCUT2D eigenvalue weighted by Crippen LogP contribution is -2.42. The van der Waals surface area contributed by atoms with Crippen LogP contribution in [0.25, 0.3) is 0 Å². The number of methoxy groups -OCH3 is 2. The zero-order valence-corrected chi connectivity index (χ0v) is 15.3. The molecule has 1 N–H and O–H groups in total. The van der Waals surface area contributed by atoms with Gasteiger partial charge < -0.3 is 14.8 Å². The van der Waals surface area contributed by atoms with Gasteiger partial charge in [-0.2, -0.15) is 0 Å². The average Bonchev–Trinajstić information content (AvgIpc) is 3.44. The van der Waals surface area contributed by atoms with Crippen LogP contribution in [0.5, 0.6) is 11.5 Å². The van der Waals surface area contributed by atoms with Crippen LogP contribution in [0.3, 0.4) is 0 Å². The quantitative estimate of drug-likeness (QED) is 0.715. The van der Waals surface area contributed by atoms with E-state index in [2.05, 4.69) is 24.1 Å². The van der Waals surface area contributed by atoms with E-state index in [0.717, 1.165) is 42.7 Å². The van der Waals surface area contributed by atoms with Gasteiger partial charge in [-0.05, 0) is 43.9 Å². The molecule has 2 rings (SSSR count). The first-order valence-electron chi connectivity index (χ1n) is 8.85. The van der Waals surface area contributed by atoms with Crippen LogP contribution in [0.2, 0.25) is 0 Å². The Hall–Kier alpha value is -1.75. The Morgan fingerprint density at radius 3 is 2.50 bits per heavy atom. The zero-order chi connectivity index (χ0) is 17.5. The van der Waals surface area contributed by atoms with Gasteiger partial charge in [0.15, 0.2) is 0 Å². The molecule has 5 heteroatoms. The molecule has 5 nitrogen and oxygen atoms in total. The number of carbonyl (C=O) groups excluding carboxylic acids is 1. The highest BCUT2D eigenvalue weighted by atomic mass is 16.5. The van der Waals surface area contributed by atoms with Crippen LogP contribution in [0.1, 0.15) is 45.1 Å². The van der Waals surface area contributed by atoms with E-state index in [1.807, 2.05) is 18.2 Å². The molecule has 0 unspecified atom stereocenters. The second kappa shape index (κ2) is 8.92. The Morgan fingerprint density at radius 1 is 1.25 bits per heavy atom. The second-order valence-corrected chi connectivity index (χ2v) is 6.39. The van der Waals surface area contributed by atoms with Crippen molar-refractivity contribution in [2.24, 2.45) is 0 Å². The highest BCUT2D eigenvalue weighted by Gasteiger charge is 2.31. The number of ether oxygens (including phenoxy) is 2. The molecule has 0 radical (unpaired) electrons. The normalized spacial score (nSPS) is 14.1. The molecule has 1 aliphatic carbocycles. The number of rotatable bonds is 10. The summed E-state index contributed by atoms with van der Waals surface area (Å²) < 4.78 is 10.8. The SMILES string of the molecule is CCC(CC)NC(=O)CN(Cc1cc(OC)ccc1OC)C1CC1. The number of nitrogens with one attached hydrogen (secondary N) is 1. The third-order valence-electron chi connectivity index (χ3n) is 4.62. The van der Waals surface area contributed by atoms with E-state index in [1.54, 1.807) is 14.2 Å². The van der Waals surface area contributed by atoms with Gasteiger partial charge >= 0.3 is 0 Å². The number of hydrogen-bond acceptors (Lipinski definition) is 4. The summed E-state index contributed by atoms with van der Waals surface area (Å²) in [5, 5.41) is 3.13. The fourth-order valence-electron chi connectivity index (χ4n) is 2.93. The largest absolute Gasteiger partial charge is 0.497 e. The van der Waals surface area contributed by atoms with Crippen LogP contribution in [0, 0.1) is 0 Å². The highest BCUT2D eigenvalue weighted by molar-refractivity contribution is 5.78. The van der Waals surface area contributed by atoms with Crippen LogP contribution >= 0.6 is 0 Å². The predicted molar refractivity (Wildman–Crippen MR) is 95.5 cm³/mol. The van der Waals surface area contributed by atoms with E-state index >= 15 is 0 Å². The van der Waals surface area contributed by atoms with Crippen LogP contribution in [0.15, 0.2) is 18.2 Å². The standard InChI is InChI=1S/C19H30N2O3/c1-5-15(6-2)20-19(22)13-21(16-7-8-16)12-14-11-17(23-3)9-10-18(14)24-4/h9-11,15-16H,5-8,12-13H2,1-4H3,(H,20,22). The number of carbonyl (C=O) groups is 1. The molecule has 1 aliphatic rings. The van der Waals surface area contributed by atoms with Crippen molar-refractivity contribution in [3.8, 4) is 11.5 Å². The van der Waals surface area contributed by atoms with Crippen molar-refractivity contribution in [2.75, 3.05) is 20.8 Å². The third-order valence-corrected chi connectivity index (χ3v) is 4.62. The van der Waals surface area contributed by atoms with E-state index < -0.39 is 0 Å². The van der Waals surface area contributed by atoms with Gasteiger partial charge in [0, 0.05) is 24.2 Å².